The first kappa shape index (κ1) is 12.8. The highest BCUT2D eigenvalue weighted by Gasteiger charge is 2.20. The monoisotopic (exact) mass is 339 g/mol. The van der Waals surface area contributed by atoms with Gasteiger partial charge in [-0.05, 0) is 28.9 Å². The molecule has 1 aliphatic rings. The van der Waals surface area contributed by atoms with E-state index in [9.17, 15) is 0 Å². The maximum atomic E-state index is 4.44. The van der Waals surface area contributed by atoms with Gasteiger partial charge in [-0.1, -0.05) is 0 Å². The number of nitrogens with zero attached hydrogens (tertiary/aromatic N) is 5. The SMILES string of the molecule is Cc1nsc(N2CCN(c3cncc(Br)c3)CC2)n1. The van der Waals surface area contributed by atoms with Crippen molar-refractivity contribution in [1.82, 2.24) is 14.3 Å². The molecule has 1 aliphatic heterocycles. The van der Waals surface area contributed by atoms with Crippen molar-refractivity contribution in [1.29, 1.82) is 0 Å². The highest BCUT2D eigenvalue weighted by Crippen LogP contribution is 2.23. The highest BCUT2D eigenvalue weighted by molar-refractivity contribution is 9.10. The summed E-state index contributed by atoms with van der Waals surface area (Å²) in [5.74, 6) is 0.860. The van der Waals surface area contributed by atoms with Crippen LogP contribution in [0.1, 0.15) is 5.82 Å². The van der Waals surface area contributed by atoms with Gasteiger partial charge in [-0.25, -0.2) is 4.98 Å². The summed E-state index contributed by atoms with van der Waals surface area (Å²) in [4.78, 5) is 13.3. The van der Waals surface area contributed by atoms with Gasteiger partial charge >= 0.3 is 0 Å². The summed E-state index contributed by atoms with van der Waals surface area (Å²) in [6, 6.07) is 2.11. The summed E-state index contributed by atoms with van der Waals surface area (Å²) >= 11 is 4.95. The molecule has 0 aromatic carbocycles. The first-order valence-electron chi connectivity index (χ1n) is 6.13. The molecular formula is C12H14BrN5S. The lowest BCUT2D eigenvalue weighted by Gasteiger charge is -2.35. The van der Waals surface area contributed by atoms with E-state index in [2.05, 4.69) is 46.1 Å². The second-order valence-corrected chi connectivity index (χ2v) is 6.11. The molecule has 1 saturated heterocycles. The van der Waals surface area contributed by atoms with Crippen LogP contribution in [0.5, 0.6) is 0 Å². The number of anilines is 2. The predicted octanol–water partition coefficient (Wildman–Crippen LogP) is 2.33. The second-order valence-electron chi connectivity index (χ2n) is 4.46. The van der Waals surface area contributed by atoms with Crippen LogP contribution < -0.4 is 9.80 Å². The largest absolute Gasteiger partial charge is 0.367 e. The van der Waals surface area contributed by atoms with Crippen molar-refractivity contribution in [3.8, 4) is 0 Å². The molecule has 0 atom stereocenters. The highest BCUT2D eigenvalue weighted by atomic mass is 79.9. The Morgan fingerprint density at radius 2 is 1.89 bits per heavy atom. The van der Waals surface area contributed by atoms with E-state index in [0.717, 1.165) is 41.6 Å². The minimum absolute atomic E-state index is 0.860. The van der Waals surface area contributed by atoms with Gasteiger partial charge in [0, 0.05) is 48.4 Å². The molecule has 2 aromatic rings. The van der Waals surface area contributed by atoms with Crippen LogP contribution in [-0.4, -0.2) is 40.5 Å². The van der Waals surface area contributed by atoms with E-state index in [4.69, 9.17) is 0 Å². The third kappa shape index (κ3) is 2.87. The van der Waals surface area contributed by atoms with Crippen molar-refractivity contribution in [2.24, 2.45) is 0 Å². The molecule has 0 spiro atoms. The van der Waals surface area contributed by atoms with E-state index in [1.54, 1.807) is 0 Å². The molecular weight excluding hydrogens is 326 g/mol. The van der Waals surface area contributed by atoms with Gasteiger partial charge in [-0.3, -0.25) is 4.98 Å². The summed E-state index contributed by atoms with van der Waals surface area (Å²) < 4.78 is 5.26. The first-order valence-corrected chi connectivity index (χ1v) is 7.70. The van der Waals surface area contributed by atoms with E-state index in [1.165, 1.54) is 17.2 Å². The van der Waals surface area contributed by atoms with Gasteiger partial charge in [0.25, 0.3) is 0 Å². The van der Waals surface area contributed by atoms with E-state index in [1.807, 2.05) is 19.3 Å². The topological polar surface area (TPSA) is 45.2 Å². The molecule has 3 heterocycles. The summed E-state index contributed by atoms with van der Waals surface area (Å²) in [7, 11) is 0. The van der Waals surface area contributed by atoms with Gasteiger partial charge < -0.3 is 9.80 Å². The summed E-state index contributed by atoms with van der Waals surface area (Å²) in [5.41, 5.74) is 1.17. The maximum Gasteiger partial charge on any atom is 0.205 e. The van der Waals surface area contributed by atoms with Crippen LogP contribution in [0.3, 0.4) is 0 Å². The molecule has 5 nitrogen and oxygen atoms in total. The zero-order valence-electron chi connectivity index (χ0n) is 10.6. The lowest BCUT2D eigenvalue weighted by Crippen LogP contribution is -2.46. The number of piperazine rings is 1. The molecule has 0 N–H and O–H groups in total. The third-order valence-corrected chi connectivity index (χ3v) is 4.42. The zero-order valence-corrected chi connectivity index (χ0v) is 13.0. The number of aryl methyl sites for hydroxylation is 1. The van der Waals surface area contributed by atoms with Crippen LogP contribution in [0.25, 0.3) is 0 Å². The summed E-state index contributed by atoms with van der Waals surface area (Å²) in [6.45, 7) is 5.85. The molecule has 19 heavy (non-hydrogen) atoms. The van der Waals surface area contributed by atoms with Crippen molar-refractivity contribution in [3.05, 3.63) is 28.8 Å². The molecule has 1 fully saturated rings. The summed E-state index contributed by atoms with van der Waals surface area (Å²) in [5, 5.41) is 1.03. The van der Waals surface area contributed by atoms with Crippen LogP contribution in [0.2, 0.25) is 0 Å². The lowest BCUT2D eigenvalue weighted by atomic mass is 10.3. The van der Waals surface area contributed by atoms with Gasteiger partial charge in [0.15, 0.2) is 0 Å². The Bertz CT molecular complexity index is 565. The van der Waals surface area contributed by atoms with E-state index < -0.39 is 0 Å². The average molecular weight is 340 g/mol. The van der Waals surface area contributed by atoms with E-state index in [0.29, 0.717) is 0 Å². The lowest BCUT2D eigenvalue weighted by molar-refractivity contribution is 0.650. The normalized spacial score (nSPS) is 15.9. The molecule has 0 saturated carbocycles. The Morgan fingerprint density at radius 3 is 2.53 bits per heavy atom. The van der Waals surface area contributed by atoms with E-state index in [-0.39, 0.29) is 0 Å². The molecule has 0 bridgehead atoms. The standard InChI is InChI=1S/C12H14BrN5S/c1-9-15-12(19-16-9)18-4-2-17(3-5-18)11-6-10(13)7-14-8-11/h6-8H,2-5H2,1H3. The predicted molar refractivity (Wildman–Crippen MR) is 81.0 cm³/mol. The van der Waals surface area contributed by atoms with Crippen molar-refractivity contribution in [2.75, 3.05) is 36.0 Å². The molecule has 0 aliphatic carbocycles. The fraction of sp³-hybridized carbons (Fsp3) is 0.417. The Hall–Kier alpha value is -1.21. The van der Waals surface area contributed by atoms with Crippen molar-refractivity contribution in [3.63, 3.8) is 0 Å². The molecule has 7 heteroatoms. The van der Waals surface area contributed by atoms with Gasteiger partial charge in [0.1, 0.15) is 5.82 Å². The van der Waals surface area contributed by atoms with Crippen molar-refractivity contribution in [2.45, 2.75) is 6.92 Å². The molecule has 100 valence electrons. The quantitative estimate of drug-likeness (QED) is 0.840. The maximum absolute atomic E-state index is 4.44. The molecule has 0 radical (unpaired) electrons. The average Bonchev–Trinajstić information content (AvgIpc) is 2.86. The summed E-state index contributed by atoms with van der Waals surface area (Å²) in [6.07, 6.45) is 3.72. The number of hydrogen-bond acceptors (Lipinski definition) is 6. The minimum Gasteiger partial charge on any atom is -0.367 e. The minimum atomic E-state index is 0.860. The van der Waals surface area contributed by atoms with Crippen LogP contribution in [0.15, 0.2) is 22.9 Å². The Morgan fingerprint density at radius 1 is 1.16 bits per heavy atom. The fourth-order valence-electron chi connectivity index (χ4n) is 2.14. The number of hydrogen-bond donors (Lipinski definition) is 0. The van der Waals surface area contributed by atoms with Gasteiger partial charge in [-0.2, -0.15) is 4.37 Å². The number of pyridine rings is 1. The van der Waals surface area contributed by atoms with Crippen LogP contribution in [0, 0.1) is 6.92 Å². The van der Waals surface area contributed by atoms with E-state index >= 15 is 0 Å². The second kappa shape index (κ2) is 5.42. The van der Waals surface area contributed by atoms with Crippen LogP contribution in [0.4, 0.5) is 10.8 Å². The molecule has 2 aromatic heterocycles. The smallest absolute Gasteiger partial charge is 0.205 e. The number of halogens is 1. The van der Waals surface area contributed by atoms with Crippen LogP contribution >= 0.6 is 27.5 Å². The Labute approximate surface area is 124 Å². The zero-order chi connectivity index (χ0) is 13.2. The van der Waals surface area contributed by atoms with Gasteiger partial charge in [0.2, 0.25) is 5.13 Å². The fourth-order valence-corrected chi connectivity index (χ4v) is 3.22. The Kier molecular flexibility index (Phi) is 3.65. The molecule has 0 unspecified atom stereocenters. The first-order chi connectivity index (χ1) is 9.22. The Balaban J connectivity index is 1.66. The molecule has 0 amide bonds. The van der Waals surface area contributed by atoms with Gasteiger partial charge in [0.05, 0.1) is 11.9 Å². The van der Waals surface area contributed by atoms with Crippen LogP contribution in [-0.2, 0) is 0 Å². The third-order valence-electron chi connectivity index (χ3n) is 3.12. The van der Waals surface area contributed by atoms with Crippen molar-refractivity contribution >= 4 is 38.3 Å². The molecule has 3 rings (SSSR count). The van der Waals surface area contributed by atoms with Crippen molar-refractivity contribution < 1.29 is 0 Å². The van der Waals surface area contributed by atoms with Gasteiger partial charge in [-0.15, -0.1) is 0 Å². The number of rotatable bonds is 2. The number of aromatic nitrogens is 3.